The van der Waals surface area contributed by atoms with Gasteiger partial charge in [0.1, 0.15) is 23.2 Å². The molecule has 2 N–H and O–H groups in total. The molecule has 0 fully saturated rings. The van der Waals surface area contributed by atoms with E-state index in [2.05, 4.69) is 102 Å². The summed E-state index contributed by atoms with van der Waals surface area (Å²) in [4.78, 5) is 11.8. The van der Waals surface area contributed by atoms with E-state index in [1.807, 2.05) is 0 Å². The van der Waals surface area contributed by atoms with Crippen molar-refractivity contribution in [1.82, 2.24) is 10.6 Å². The van der Waals surface area contributed by atoms with E-state index in [0.29, 0.717) is 13.1 Å². The lowest BCUT2D eigenvalue weighted by Crippen LogP contribution is -2.36. The van der Waals surface area contributed by atoms with Gasteiger partial charge in [0.15, 0.2) is 0 Å². The molecule has 1 amide bonds. The molecule has 0 heterocycles. The Morgan fingerprint density at radius 3 is 1.57 bits per heavy atom. The molecule has 0 saturated carbocycles. The van der Waals surface area contributed by atoms with Crippen LogP contribution < -0.4 is 26.5 Å². The maximum absolute atomic E-state index is 11.8. The molecular formula is C24H28N2OP+. The molecule has 3 rings (SSSR count). The van der Waals surface area contributed by atoms with Crippen molar-refractivity contribution in [3.63, 3.8) is 0 Å². The summed E-state index contributed by atoms with van der Waals surface area (Å²) < 4.78 is 0. The monoisotopic (exact) mass is 391 g/mol. The van der Waals surface area contributed by atoms with Crippen LogP contribution in [0.3, 0.4) is 0 Å². The van der Waals surface area contributed by atoms with Crippen LogP contribution in [-0.4, -0.2) is 32.2 Å². The van der Waals surface area contributed by atoms with Crippen LogP contribution in [0.15, 0.2) is 91.0 Å². The van der Waals surface area contributed by atoms with Gasteiger partial charge >= 0.3 is 0 Å². The first-order valence-electron chi connectivity index (χ1n) is 9.73. The summed E-state index contributed by atoms with van der Waals surface area (Å²) in [6, 6.07) is 32.5. The molecule has 3 aromatic carbocycles. The second kappa shape index (κ2) is 10.2. The van der Waals surface area contributed by atoms with Crippen molar-refractivity contribution in [1.29, 1.82) is 0 Å². The van der Waals surface area contributed by atoms with E-state index < -0.39 is 7.26 Å². The van der Waals surface area contributed by atoms with Gasteiger partial charge in [-0.2, -0.15) is 0 Å². The van der Waals surface area contributed by atoms with Gasteiger partial charge in [0.05, 0.1) is 12.7 Å². The SMILES string of the molecule is CNCC(=O)NCCC[P+](c1ccccc1)(c1ccccc1)c1ccccc1. The standard InChI is InChI=1S/C24H27N2OP/c1-25-20-24(27)26-18-11-19-28(21-12-5-2-6-13-21,22-14-7-3-8-15-22)23-16-9-4-10-17-23/h2-10,12-17,25H,11,18-20H2,1H3/p+1. The third-order valence-electron chi connectivity index (χ3n) is 4.92. The fourth-order valence-electron chi connectivity index (χ4n) is 3.65. The van der Waals surface area contributed by atoms with Crippen molar-refractivity contribution < 1.29 is 4.79 Å². The Balaban J connectivity index is 1.98. The van der Waals surface area contributed by atoms with E-state index in [1.165, 1.54) is 15.9 Å². The molecule has 0 atom stereocenters. The van der Waals surface area contributed by atoms with Gasteiger partial charge in [-0.1, -0.05) is 54.6 Å². The van der Waals surface area contributed by atoms with Crippen LogP contribution in [-0.2, 0) is 4.79 Å². The normalized spacial score (nSPS) is 11.2. The van der Waals surface area contributed by atoms with E-state index in [1.54, 1.807) is 7.05 Å². The zero-order chi connectivity index (χ0) is 19.7. The predicted molar refractivity (Wildman–Crippen MR) is 122 cm³/mol. The van der Waals surface area contributed by atoms with Crippen molar-refractivity contribution in [3.05, 3.63) is 91.0 Å². The molecule has 0 unspecified atom stereocenters. The van der Waals surface area contributed by atoms with Crippen LogP contribution >= 0.6 is 7.26 Å². The topological polar surface area (TPSA) is 41.1 Å². The minimum atomic E-state index is -1.80. The summed E-state index contributed by atoms with van der Waals surface area (Å²) in [5.41, 5.74) is 0. The van der Waals surface area contributed by atoms with Crippen molar-refractivity contribution in [3.8, 4) is 0 Å². The van der Waals surface area contributed by atoms with Crippen LogP contribution in [0.25, 0.3) is 0 Å². The molecule has 144 valence electrons. The van der Waals surface area contributed by atoms with Gasteiger partial charge in [0.25, 0.3) is 0 Å². The highest BCUT2D eigenvalue weighted by Gasteiger charge is 2.44. The lowest BCUT2D eigenvalue weighted by Gasteiger charge is -2.27. The van der Waals surface area contributed by atoms with Crippen molar-refractivity contribution in [2.24, 2.45) is 0 Å². The molecule has 0 aliphatic heterocycles. The number of likely N-dealkylation sites (N-methyl/N-ethyl adjacent to an activating group) is 1. The molecule has 0 spiro atoms. The minimum absolute atomic E-state index is 0.0468. The summed E-state index contributed by atoms with van der Waals surface area (Å²) in [7, 11) is -0.00747. The Bertz CT molecular complexity index is 757. The fraction of sp³-hybridized carbons (Fsp3) is 0.208. The third kappa shape index (κ3) is 4.67. The zero-order valence-electron chi connectivity index (χ0n) is 16.3. The first kappa shape index (κ1) is 20.3. The van der Waals surface area contributed by atoms with Gasteiger partial charge in [-0.3, -0.25) is 4.79 Å². The zero-order valence-corrected chi connectivity index (χ0v) is 17.2. The Morgan fingerprint density at radius 1 is 0.750 bits per heavy atom. The number of rotatable bonds is 9. The summed E-state index contributed by atoms with van der Waals surface area (Å²) in [5.74, 6) is 0.0468. The first-order valence-corrected chi connectivity index (χ1v) is 11.7. The molecule has 28 heavy (non-hydrogen) atoms. The first-order chi connectivity index (χ1) is 13.8. The average Bonchev–Trinajstić information content (AvgIpc) is 2.76. The maximum Gasteiger partial charge on any atom is 0.233 e. The van der Waals surface area contributed by atoms with E-state index in [0.717, 1.165) is 12.6 Å². The Kier molecular flexibility index (Phi) is 7.36. The third-order valence-corrected chi connectivity index (χ3v) is 9.45. The van der Waals surface area contributed by atoms with Crippen LogP contribution in [0.1, 0.15) is 6.42 Å². The number of hydrogen-bond donors (Lipinski definition) is 2. The molecule has 0 aliphatic carbocycles. The smallest absolute Gasteiger partial charge is 0.233 e. The van der Waals surface area contributed by atoms with Gasteiger partial charge < -0.3 is 10.6 Å². The molecule has 3 nitrogen and oxygen atoms in total. The quantitative estimate of drug-likeness (QED) is 0.435. The number of carbonyl (C=O) groups is 1. The molecular weight excluding hydrogens is 363 g/mol. The largest absolute Gasteiger partial charge is 0.355 e. The molecule has 0 saturated heterocycles. The maximum atomic E-state index is 11.8. The molecule has 3 aromatic rings. The highest BCUT2D eigenvalue weighted by Crippen LogP contribution is 2.55. The molecule has 4 heteroatoms. The van der Waals surface area contributed by atoms with Gasteiger partial charge in [0.2, 0.25) is 5.91 Å². The second-order valence-electron chi connectivity index (χ2n) is 6.77. The number of nitrogens with one attached hydrogen (secondary N) is 2. The van der Waals surface area contributed by atoms with Crippen molar-refractivity contribution in [2.45, 2.75) is 6.42 Å². The van der Waals surface area contributed by atoms with Crippen LogP contribution in [0.4, 0.5) is 0 Å². The van der Waals surface area contributed by atoms with Crippen molar-refractivity contribution >= 4 is 29.1 Å². The predicted octanol–water partition coefficient (Wildman–Crippen LogP) is 2.71. The van der Waals surface area contributed by atoms with Crippen LogP contribution in [0, 0.1) is 0 Å². The second-order valence-corrected chi connectivity index (χ2v) is 10.4. The van der Waals surface area contributed by atoms with E-state index in [9.17, 15) is 4.79 Å². The molecule has 0 bridgehead atoms. The summed E-state index contributed by atoms with van der Waals surface area (Å²) in [5, 5.41) is 10.1. The number of benzene rings is 3. The van der Waals surface area contributed by atoms with Crippen LogP contribution in [0.5, 0.6) is 0 Å². The van der Waals surface area contributed by atoms with Gasteiger partial charge in [-0.15, -0.1) is 0 Å². The fourth-order valence-corrected chi connectivity index (χ4v) is 7.99. The number of carbonyl (C=O) groups excluding carboxylic acids is 1. The Hall–Kier alpha value is -2.48. The highest BCUT2D eigenvalue weighted by atomic mass is 31.2. The summed E-state index contributed by atoms with van der Waals surface area (Å²) in [6.45, 7) is 1.05. The van der Waals surface area contributed by atoms with Crippen molar-refractivity contribution in [2.75, 3.05) is 26.3 Å². The highest BCUT2D eigenvalue weighted by molar-refractivity contribution is 7.95. The number of hydrogen-bond acceptors (Lipinski definition) is 2. The minimum Gasteiger partial charge on any atom is -0.355 e. The van der Waals surface area contributed by atoms with E-state index >= 15 is 0 Å². The lowest BCUT2D eigenvalue weighted by atomic mass is 10.3. The van der Waals surface area contributed by atoms with Gasteiger partial charge in [0, 0.05) is 6.54 Å². The molecule has 0 aromatic heterocycles. The van der Waals surface area contributed by atoms with Gasteiger partial charge in [-0.05, 0) is 49.9 Å². The summed E-state index contributed by atoms with van der Waals surface area (Å²) >= 11 is 0. The van der Waals surface area contributed by atoms with Gasteiger partial charge in [-0.25, -0.2) is 0 Å². The lowest BCUT2D eigenvalue weighted by molar-refractivity contribution is -0.120. The molecule has 0 radical (unpaired) electrons. The van der Waals surface area contributed by atoms with E-state index in [4.69, 9.17) is 0 Å². The number of amides is 1. The average molecular weight is 391 g/mol. The van der Waals surface area contributed by atoms with Crippen LogP contribution in [0.2, 0.25) is 0 Å². The Labute approximate surface area is 168 Å². The molecule has 0 aliphatic rings. The Morgan fingerprint density at radius 2 is 1.18 bits per heavy atom. The summed E-state index contributed by atoms with van der Waals surface area (Å²) in [6.07, 6.45) is 1.95. The van der Waals surface area contributed by atoms with E-state index in [-0.39, 0.29) is 5.91 Å².